The number of hydrogen-bond donors (Lipinski definition) is 2. The van der Waals surface area contributed by atoms with Gasteiger partial charge in [-0.15, -0.1) is 11.8 Å². The van der Waals surface area contributed by atoms with Crippen LogP contribution in [0.5, 0.6) is 0 Å². The Kier molecular flexibility index (Phi) is 5.16. The first-order valence-corrected chi connectivity index (χ1v) is 7.16. The minimum atomic E-state index is 0.286. The fourth-order valence-corrected chi connectivity index (χ4v) is 2.48. The van der Waals surface area contributed by atoms with Crippen molar-refractivity contribution in [1.82, 2.24) is 5.32 Å². The van der Waals surface area contributed by atoms with Crippen LogP contribution in [0.2, 0.25) is 0 Å². The molecule has 1 heterocycles. The van der Waals surface area contributed by atoms with E-state index in [0.29, 0.717) is 0 Å². The molecule has 1 aliphatic rings. The third-order valence-electron chi connectivity index (χ3n) is 2.70. The molecule has 0 amide bonds. The molecule has 1 aliphatic heterocycles. The molecule has 0 spiro atoms. The van der Waals surface area contributed by atoms with E-state index in [1.54, 1.807) is 0 Å². The predicted molar refractivity (Wildman–Crippen MR) is 73.9 cm³/mol. The van der Waals surface area contributed by atoms with Crippen LogP contribution in [-0.4, -0.2) is 38.1 Å². The molecule has 1 aromatic rings. The Morgan fingerprint density at radius 2 is 2.24 bits per heavy atom. The van der Waals surface area contributed by atoms with E-state index in [4.69, 9.17) is 4.74 Å². The van der Waals surface area contributed by atoms with Crippen LogP contribution in [0.4, 0.5) is 5.69 Å². The number of nitrogens with one attached hydrogen (secondary N) is 2. The third-order valence-corrected chi connectivity index (χ3v) is 3.60. The van der Waals surface area contributed by atoms with Crippen molar-refractivity contribution >= 4 is 17.4 Å². The van der Waals surface area contributed by atoms with Gasteiger partial charge in [-0.05, 0) is 30.0 Å². The topological polar surface area (TPSA) is 33.3 Å². The van der Waals surface area contributed by atoms with Gasteiger partial charge < -0.3 is 15.4 Å². The molecule has 94 valence electrons. The molecule has 0 aromatic heterocycles. The second kappa shape index (κ2) is 6.89. The van der Waals surface area contributed by atoms with Gasteiger partial charge in [0.25, 0.3) is 0 Å². The van der Waals surface area contributed by atoms with E-state index >= 15 is 0 Å². The molecule has 17 heavy (non-hydrogen) atoms. The van der Waals surface area contributed by atoms with Gasteiger partial charge in [-0.2, -0.15) is 0 Å². The minimum Gasteiger partial charge on any atom is -0.382 e. The van der Waals surface area contributed by atoms with Crippen LogP contribution in [0.3, 0.4) is 0 Å². The summed E-state index contributed by atoms with van der Waals surface area (Å²) in [4.78, 5) is 1.33. The summed E-state index contributed by atoms with van der Waals surface area (Å²) in [6.07, 6.45) is 0.286. The van der Waals surface area contributed by atoms with E-state index in [1.165, 1.54) is 10.6 Å². The van der Waals surface area contributed by atoms with Crippen molar-refractivity contribution in [2.75, 3.05) is 37.3 Å². The first kappa shape index (κ1) is 12.7. The first-order valence-electron chi connectivity index (χ1n) is 6.17. The Balaban J connectivity index is 1.77. The van der Waals surface area contributed by atoms with Crippen LogP contribution in [-0.2, 0) is 4.74 Å². The normalized spacial score (nSPS) is 20.2. The average Bonchev–Trinajstić information content (AvgIpc) is 2.40. The second-order valence-corrected chi connectivity index (χ2v) is 5.37. The van der Waals surface area contributed by atoms with Crippen molar-refractivity contribution in [3.63, 3.8) is 0 Å². The minimum absolute atomic E-state index is 0.286. The molecule has 3 nitrogen and oxygen atoms in total. The van der Waals surface area contributed by atoms with Gasteiger partial charge in [-0.3, -0.25) is 0 Å². The van der Waals surface area contributed by atoms with E-state index in [-0.39, 0.29) is 6.10 Å². The average molecular weight is 252 g/mol. The summed E-state index contributed by atoms with van der Waals surface area (Å²) in [5.41, 5.74) is 1.17. The fourth-order valence-electron chi connectivity index (χ4n) is 1.82. The number of ether oxygens (including phenoxy) is 1. The van der Waals surface area contributed by atoms with Crippen molar-refractivity contribution in [3.8, 4) is 0 Å². The molecule has 0 saturated carbocycles. The quantitative estimate of drug-likeness (QED) is 0.787. The van der Waals surface area contributed by atoms with Gasteiger partial charge in [-0.25, -0.2) is 0 Å². The molecule has 0 aliphatic carbocycles. The molecular formula is C13H20N2OS. The van der Waals surface area contributed by atoms with Gasteiger partial charge in [0, 0.05) is 30.2 Å². The summed E-state index contributed by atoms with van der Waals surface area (Å²) >= 11 is 1.87. The van der Waals surface area contributed by atoms with E-state index in [9.17, 15) is 0 Å². The summed E-state index contributed by atoms with van der Waals surface area (Å²) in [6, 6.07) is 8.59. The van der Waals surface area contributed by atoms with Crippen LogP contribution in [0.1, 0.15) is 6.92 Å². The maximum Gasteiger partial charge on any atom is 0.0872 e. The van der Waals surface area contributed by atoms with Gasteiger partial charge in [0.05, 0.1) is 12.7 Å². The Morgan fingerprint density at radius 3 is 2.88 bits per heavy atom. The van der Waals surface area contributed by atoms with Gasteiger partial charge in [0.1, 0.15) is 0 Å². The molecule has 1 aromatic carbocycles. The lowest BCUT2D eigenvalue weighted by molar-refractivity contribution is 0.0372. The SMILES string of the molecule is CCSc1ccc(NCC2CNCCO2)cc1. The summed E-state index contributed by atoms with van der Waals surface area (Å²) in [7, 11) is 0. The third kappa shape index (κ3) is 4.22. The van der Waals surface area contributed by atoms with E-state index in [0.717, 1.165) is 32.0 Å². The molecule has 1 unspecified atom stereocenters. The molecule has 1 saturated heterocycles. The maximum atomic E-state index is 5.63. The van der Waals surface area contributed by atoms with Crippen LogP contribution in [0.25, 0.3) is 0 Å². The maximum absolute atomic E-state index is 5.63. The highest BCUT2D eigenvalue weighted by Gasteiger charge is 2.12. The standard InChI is InChI=1S/C13H20N2OS/c1-2-17-13-5-3-11(4-6-13)15-10-12-9-14-7-8-16-12/h3-6,12,14-15H,2,7-10H2,1H3. The molecule has 0 bridgehead atoms. The lowest BCUT2D eigenvalue weighted by atomic mass is 10.2. The Hall–Kier alpha value is -0.710. The van der Waals surface area contributed by atoms with Gasteiger partial charge in [0.15, 0.2) is 0 Å². The van der Waals surface area contributed by atoms with E-state index < -0.39 is 0 Å². The molecule has 0 radical (unpaired) electrons. The number of hydrogen-bond acceptors (Lipinski definition) is 4. The number of anilines is 1. The molecule has 1 atom stereocenters. The lowest BCUT2D eigenvalue weighted by Gasteiger charge is -2.24. The Morgan fingerprint density at radius 1 is 1.41 bits per heavy atom. The Labute approximate surface area is 107 Å². The van der Waals surface area contributed by atoms with Crippen LogP contribution >= 0.6 is 11.8 Å². The predicted octanol–water partition coefficient (Wildman–Crippen LogP) is 2.20. The molecule has 2 N–H and O–H groups in total. The smallest absolute Gasteiger partial charge is 0.0872 e. The number of morpholine rings is 1. The van der Waals surface area contributed by atoms with Crippen LogP contribution in [0.15, 0.2) is 29.2 Å². The van der Waals surface area contributed by atoms with Crippen molar-refractivity contribution in [3.05, 3.63) is 24.3 Å². The zero-order chi connectivity index (χ0) is 11.9. The monoisotopic (exact) mass is 252 g/mol. The molecule has 1 fully saturated rings. The summed E-state index contributed by atoms with van der Waals surface area (Å²) < 4.78 is 5.63. The number of rotatable bonds is 5. The Bertz CT molecular complexity index is 323. The van der Waals surface area contributed by atoms with Crippen molar-refractivity contribution in [1.29, 1.82) is 0 Å². The highest BCUT2D eigenvalue weighted by Crippen LogP contribution is 2.19. The van der Waals surface area contributed by atoms with Crippen molar-refractivity contribution in [2.45, 2.75) is 17.9 Å². The lowest BCUT2D eigenvalue weighted by Crippen LogP contribution is -2.42. The highest BCUT2D eigenvalue weighted by atomic mass is 32.2. The number of benzene rings is 1. The van der Waals surface area contributed by atoms with Crippen molar-refractivity contribution < 1.29 is 4.74 Å². The van der Waals surface area contributed by atoms with Crippen LogP contribution in [0, 0.1) is 0 Å². The highest BCUT2D eigenvalue weighted by molar-refractivity contribution is 7.99. The van der Waals surface area contributed by atoms with E-state index in [1.807, 2.05) is 11.8 Å². The first-order chi connectivity index (χ1) is 8.38. The van der Waals surface area contributed by atoms with Gasteiger partial charge >= 0.3 is 0 Å². The molecular weight excluding hydrogens is 232 g/mol. The second-order valence-electron chi connectivity index (χ2n) is 4.04. The summed E-state index contributed by atoms with van der Waals surface area (Å²) in [5, 5.41) is 6.74. The number of thioether (sulfide) groups is 1. The van der Waals surface area contributed by atoms with Crippen LogP contribution < -0.4 is 10.6 Å². The molecule has 2 rings (SSSR count). The zero-order valence-corrected chi connectivity index (χ0v) is 11.1. The van der Waals surface area contributed by atoms with Gasteiger partial charge in [0.2, 0.25) is 0 Å². The summed E-state index contributed by atoms with van der Waals surface area (Å²) in [5.74, 6) is 1.12. The fraction of sp³-hybridized carbons (Fsp3) is 0.538. The largest absolute Gasteiger partial charge is 0.382 e. The zero-order valence-electron chi connectivity index (χ0n) is 10.2. The van der Waals surface area contributed by atoms with Gasteiger partial charge in [-0.1, -0.05) is 6.92 Å². The molecule has 4 heteroatoms. The van der Waals surface area contributed by atoms with E-state index in [2.05, 4.69) is 41.8 Å². The van der Waals surface area contributed by atoms with Crippen molar-refractivity contribution in [2.24, 2.45) is 0 Å². The summed E-state index contributed by atoms with van der Waals surface area (Å²) in [6.45, 7) is 5.77.